The van der Waals surface area contributed by atoms with Crippen LogP contribution in [0.4, 0.5) is 0 Å². The predicted octanol–water partition coefficient (Wildman–Crippen LogP) is 2.07. The van der Waals surface area contributed by atoms with Crippen LogP contribution in [0.3, 0.4) is 0 Å². The third kappa shape index (κ3) is 2.23. The molecule has 2 atom stereocenters. The minimum atomic E-state index is -0.0131. The lowest BCUT2D eigenvalue weighted by molar-refractivity contribution is -0.0832. The van der Waals surface area contributed by atoms with E-state index in [-0.39, 0.29) is 11.6 Å². The minimum Gasteiger partial charge on any atom is -0.374 e. The van der Waals surface area contributed by atoms with Crippen LogP contribution in [0, 0.1) is 5.92 Å². The van der Waals surface area contributed by atoms with Gasteiger partial charge in [0.1, 0.15) is 0 Å². The van der Waals surface area contributed by atoms with Crippen LogP contribution in [0.2, 0.25) is 0 Å². The van der Waals surface area contributed by atoms with Crippen LogP contribution in [0.1, 0.15) is 45.4 Å². The molecule has 0 aromatic carbocycles. The molecule has 1 aliphatic heterocycles. The Morgan fingerprint density at radius 1 is 1.46 bits per heavy atom. The molecule has 76 valence electrons. The first-order valence-corrected chi connectivity index (χ1v) is 5.60. The maximum Gasteiger partial charge on any atom is 0.0804 e. The molecule has 0 radical (unpaired) electrons. The third-order valence-electron chi connectivity index (χ3n) is 3.57. The van der Waals surface area contributed by atoms with Gasteiger partial charge in [-0.15, -0.1) is 0 Å². The van der Waals surface area contributed by atoms with Gasteiger partial charge < -0.3 is 10.5 Å². The lowest BCUT2D eigenvalue weighted by Gasteiger charge is -2.39. The van der Waals surface area contributed by atoms with Crippen LogP contribution in [-0.4, -0.2) is 18.2 Å². The molecule has 0 aromatic heterocycles. The van der Waals surface area contributed by atoms with Gasteiger partial charge in [-0.25, -0.2) is 0 Å². The zero-order chi connectivity index (χ0) is 9.31. The highest BCUT2D eigenvalue weighted by atomic mass is 16.5. The monoisotopic (exact) mass is 183 g/mol. The Morgan fingerprint density at radius 2 is 2.23 bits per heavy atom. The Bertz CT molecular complexity index is 171. The molecule has 2 unspecified atom stereocenters. The van der Waals surface area contributed by atoms with E-state index in [2.05, 4.69) is 6.92 Å². The molecule has 2 N–H and O–H groups in total. The summed E-state index contributed by atoms with van der Waals surface area (Å²) in [7, 11) is 0. The van der Waals surface area contributed by atoms with Gasteiger partial charge >= 0.3 is 0 Å². The highest BCUT2D eigenvalue weighted by Gasteiger charge is 2.37. The molecule has 1 saturated heterocycles. The fourth-order valence-corrected chi connectivity index (χ4v) is 2.21. The summed E-state index contributed by atoms with van der Waals surface area (Å²) in [5.74, 6) is 0.914. The number of hydrogen-bond acceptors (Lipinski definition) is 2. The van der Waals surface area contributed by atoms with E-state index in [1.807, 2.05) is 0 Å². The summed E-state index contributed by atoms with van der Waals surface area (Å²) >= 11 is 0. The first-order valence-electron chi connectivity index (χ1n) is 5.60. The molecule has 1 aliphatic carbocycles. The average molecular weight is 183 g/mol. The molecule has 2 aliphatic rings. The lowest BCUT2D eigenvalue weighted by atomic mass is 9.86. The third-order valence-corrected chi connectivity index (χ3v) is 3.57. The number of hydrogen-bond donors (Lipinski definition) is 1. The zero-order valence-electron chi connectivity index (χ0n) is 8.59. The van der Waals surface area contributed by atoms with Crippen LogP contribution in [0.15, 0.2) is 0 Å². The Kier molecular flexibility index (Phi) is 2.61. The minimum absolute atomic E-state index is 0.0131. The second-order valence-corrected chi connectivity index (χ2v) is 4.90. The van der Waals surface area contributed by atoms with Crippen molar-refractivity contribution in [3.8, 4) is 0 Å². The summed E-state index contributed by atoms with van der Waals surface area (Å²) in [6, 6.07) is 0.264. The van der Waals surface area contributed by atoms with Gasteiger partial charge in [0.15, 0.2) is 0 Å². The molecule has 0 spiro atoms. The van der Waals surface area contributed by atoms with E-state index in [9.17, 15) is 0 Å². The maximum atomic E-state index is 6.20. The summed E-state index contributed by atoms with van der Waals surface area (Å²) in [5.41, 5.74) is 6.19. The fourth-order valence-electron chi connectivity index (χ4n) is 2.21. The summed E-state index contributed by atoms with van der Waals surface area (Å²) in [4.78, 5) is 0. The summed E-state index contributed by atoms with van der Waals surface area (Å²) in [6.45, 7) is 3.11. The second-order valence-electron chi connectivity index (χ2n) is 4.90. The molecule has 2 fully saturated rings. The Hall–Kier alpha value is -0.0800. The fraction of sp³-hybridized carbons (Fsp3) is 1.00. The van der Waals surface area contributed by atoms with Crippen LogP contribution >= 0.6 is 0 Å². The molecule has 0 amide bonds. The molecule has 1 heterocycles. The summed E-state index contributed by atoms with van der Waals surface area (Å²) in [5, 5.41) is 0. The first-order chi connectivity index (χ1) is 6.21. The van der Waals surface area contributed by atoms with Gasteiger partial charge in [0.05, 0.1) is 5.60 Å². The molecular formula is C11H21NO. The predicted molar refractivity (Wildman–Crippen MR) is 53.5 cm³/mol. The molecule has 0 bridgehead atoms. The summed E-state index contributed by atoms with van der Waals surface area (Å²) in [6.07, 6.45) is 7.62. The van der Waals surface area contributed by atoms with E-state index < -0.39 is 0 Å². The van der Waals surface area contributed by atoms with E-state index in [0.717, 1.165) is 18.9 Å². The normalized spacial score (nSPS) is 37.4. The van der Waals surface area contributed by atoms with Gasteiger partial charge in [-0.3, -0.25) is 0 Å². The van der Waals surface area contributed by atoms with Crippen LogP contribution in [0.5, 0.6) is 0 Å². The molecular weight excluding hydrogens is 162 g/mol. The largest absolute Gasteiger partial charge is 0.374 e. The van der Waals surface area contributed by atoms with Crippen molar-refractivity contribution in [2.45, 2.75) is 57.1 Å². The van der Waals surface area contributed by atoms with E-state index in [1.54, 1.807) is 0 Å². The first kappa shape index (κ1) is 9.47. The summed E-state index contributed by atoms with van der Waals surface area (Å²) < 4.78 is 5.83. The second kappa shape index (κ2) is 3.58. The van der Waals surface area contributed by atoms with Crippen LogP contribution in [-0.2, 0) is 4.74 Å². The van der Waals surface area contributed by atoms with Crippen molar-refractivity contribution < 1.29 is 4.74 Å². The maximum absolute atomic E-state index is 6.20. The van der Waals surface area contributed by atoms with Crippen LogP contribution in [0.25, 0.3) is 0 Å². The average Bonchev–Trinajstić information content (AvgIpc) is 2.89. The molecule has 0 aromatic rings. The highest BCUT2D eigenvalue weighted by molar-refractivity contribution is 4.92. The number of nitrogens with two attached hydrogens (primary N) is 1. The van der Waals surface area contributed by atoms with E-state index >= 15 is 0 Å². The van der Waals surface area contributed by atoms with Gasteiger partial charge in [-0.2, -0.15) is 0 Å². The van der Waals surface area contributed by atoms with E-state index in [1.165, 1.54) is 32.1 Å². The van der Waals surface area contributed by atoms with Crippen molar-refractivity contribution in [2.24, 2.45) is 11.7 Å². The van der Waals surface area contributed by atoms with E-state index in [0.29, 0.717) is 0 Å². The van der Waals surface area contributed by atoms with Gasteiger partial charge in [-0.05, 0) is 38.5 Å². The van der Waals surface area contributed by atoms with Crippen molar-refractivity contribution in [2.75, 3.05) is 6.61 Å². The number of rotatable bonds is 3. The van der Waals surface area contributed by atoms with Gasteiger partial charge in [0, 0.05) is 12.6 Å². The molecule has 2 rings (SSSR count). The van der Waals surface area contributed by atoms with Gasteiger partial charge in [0.25, 0.3) is 0 Å². The Balaban J connectivity index is 1.86. The van der Waals surface area contributed by atoms with E-state index in [4.69, 9.17) is 10.5 Å². The Labute approximate surface area is 80.8 Å². The van der Waals surface area contributed by atoms with Crippen molar-refractivity contribution in [3.05, 3.63) is 0 Å². The quantitative estimate of drug-likeness (QED) is 0.727. The lowest BCUT2D eigenvalue weighted by Crippen LogP contribution is -2.49. The van der Waals surface area contributed by atoms with Crippen molar-refractivity contribution in [1.82, 2.24) is 0 Å². The number of ether oxygens (including phenoxy) is 1. The molecule has 1 saturated carbocycles. The van der Waals surface area contributed by atoms with Crippen molar-refractivity contribution in [3.63, 3.8) is 0 Å². The smallest absolute Gasteiger partial charge is 0.0804 e. The Morgan fingerprint density at radius 3 is 2.77 bits per heavy atom. The molecule has 2 nitrogen and oxygen atoms in total. The standard InChI is InChI=1S/C11H21NO/c1-11(6-2-3-7-13-11)10(12)8-9-4-5-9/h9-10H,2-8,12H2,1H3. The van der Waals surface area contributed by atoms with Gasteiger partial charge in [0.2, 0.25) is 0 Å². The van der Waals surface area contributed by atoms with Gasteiger partial charge in [-0.1, -0.05) is 12.8 Å². The van der Waals surface area contributed by atoms with Crippen LogP contribution < -0.4 is 5.73 Å². The molecule has 2 heteroatoms. The topological polar surface area (TPSA) is 35.2 Å². The highest BCUT2D eigenvalue weighted by Crippen LogP contribution is 2.37. The SMILES string of the molecule is CC1(C(N)CC2CC2)CCCCO1. The van der Waals surface area contributed by atoms with Crippen molar-refractivity contribution in [1.29, 1.82) is 0 Å². The zero-order valence-corrected chi connectivity index (χ0v) is 8.59. The van der Waals surface area contributed by atoms with Crippen molar-refractivity contribution >= 4 is 0 Å². The molecule has 13 heavy (non-hydrogen) atoms.